The SMILES string of the molecule is Cn1c(=O)c(C(=O)Nc2cccc(F)c2)nn(-c2ccc(Cl)cc2)c1=O. The lowest BCUT2D eigenvalue weighted by Gasteiger charge is -2.10. The average molecular weight is 375 g/mol. The van der Waals surface area contributed by atoms with Gasteiger partial charge in [-0.25, -0.2) is 9.18 Å². The highest BCUT2D eigenvalue weighted by atomic mass is 35.5. The summed E-state index contributed by atoms with van der Waals surface area (Å²) in [4.78, 5) is 37.0. The Morgan fingerprint density at radius 3 is 2.50 bits per heavy atom. The van der Waals surface area contributed by atoms with Crippen LogP contribution in [0.5, 0.6) is 0 Å². The second-order valence-electron chi connectivity index (χ2n) is 5.35. The van der Waals surface area contributed by atoms with Crippen molar-refractivity contribution in [3.05, 3.63) is 85.9 Å². The zero-order chi connectivity index (χ0) is 18.8. The second-order valence-corrected chi connectivity index (χ2v) is 5.78. The molecule has 1 heterocycles. The van der Waals surface area contributed by atoms with E-state index in [9.17, 15) is 18.8 Å². The Bertz CT molecular complexity index is 1110. The number of rotatable bonds is 3. The highest BCUT2D eigenvalue weighted by molar-refractivity contribution is 6.30. The van der Waals surface area contributed by atoms with Crippen molar-refractivity contribution >= 4 is 23.2 Å². The third-order valence-electron chi connectivity index (χ3n) is 3.54. The van der Waals surface area contributed by atoms with Crippen LogP contribution in [0.1, 0.15) is 10.5 Å². The van der Waals surface area contributed by atoms with E-state index in [-0.39, 0.29) is 5.69 Å². The van der Waals surface area contributed by atoms with Crippen LogP contribution in [0.2, 0.25) is 5.02 Å². The number of halogens is 2. The number of anilines is 1. The monoisotopic (exact) mass is 374 g/mol. The van der Waals surface area contributed by atoms with Gasteiger partial charge in [-0.15, -0.1) is 0 Å². The molecule has 0 aliphatic heterocycles. The number of carbonyl (C=O) groups excluding carboxylic acids is 1. The van der Waals surface area contributed by atoms with Crippen molar-refractivity contribution in [3.63, 3.8) is 0 Å². The summed E-state index contributed by atoms with van der Waals surface area (Å²) in [6.45, 7) is 0. The van der Waals surface area contributed by atoms with E-state index in [4.69, 9.17) is 11.6 Å². The number of amides is 1. The summed E-state index contributed by atoms with van der Waals surface area (Å²) in [5.74, 6) is -1.41. The Kier molecular flexibility index (Phi) is 4.68. The second kappa shape index (κ2) is 6.93. The maximum atomic E-state index is 13.2. The number of carbonyl (C=O) groups is 1. The minimum atomic E-state index is -0.867. The third kappa shape index (κ3) is 3.40. The van der Waals surface area contributed by atoms with E-state index in [1.54, 1.807) is 12.1 Å². The van der Waals surface area contributed by atoms with Crippen LogP contribution in [0.3, 0.4) is 0 Å². The molecule has 0 saturated heterocycles. The van der Waals surface area contributed by atoms with Gasteiger partial charge in [0.2, 0.25) is 5.69 Å². The van der Waals surface area contributed by atoms with E-state index in [1.165, 1.54) is 37.4 Å². The number of nitrogens with one attached hydrogen (secondary N) is 1. The fourth-order valence-electron chi connectivity index (χ4n) is 2.22. The molecule has 0 saturated carbocycles. The fourth-order valence-corrected chi connectivity index (χ4v) is 2.35. The van der Waals surface area contributed by atoms with Gasteiger partial charge in [0, 0.05) is 17.8 Å². The minimum absolute atomic E-state index is 0.156. The molecule has 3 aromatic rings. The van der Waals surface area contributed by atoms with Crippen molar-refractivity contribution in [1.82, 2.24) is 14.3 Å². The predicted octanol–water partition coefficient (Wildman–Crippen LogP) is 1.98. The van der Waals surface area contributed by atoms with E-state index in [1.807, 2.05) is 0 Å². The van der Waals surface area contributed by atoms with E-state index in [2.05, 4.69) is 10.4 Å². The summed E-state index contributed by atoms with van der Waals surface area (Å²) >= 11 is 5.82. The minimum Gasteiger partial charge on any atom is -0.320 e. The fraction of sp³-hybridized carbons (Fsp3) is 0.0588. The molecule has 0 fully saturated rings. The summed E-state index contributed by atoms with van der Waals surface area (Å²) in [5.41, 5.74) is -1.61. The van der Waals surface area contributed by atoms with E-state index < -0.39 is 28.7 Å². The zero-order valence-corrected chi connectivity index (χ0v) is 14.2. The molecule has 2 aromatic carbocycles. The van der Waals surface area contributed by atoms with E-state index in [0.717, 1.165) is 15.3 Å². The van der Waals surface area contributed by atoms with Crippen LogP contribution in [-0.4, -0.2) is 20.3 Å². The third-order valence-corrected chi connectivity index (χ3v) is 3.80. The molecule has 26 heavy (non-hydrogen) atoms. The smallest absolute Gasteiger partial charge is 0.320 e. The first-order valence-electron chi connectivity index (χ1n) is 7.40. The zero-order valence-electron chi connectivity index (χ0n) is 13.4. The maximum absolute atomic E-state index is 13.2. The van der Waals surface area contributed by atoms with Gasteiger partial charge in [-0.3, -0.25) is 14.2 Å². The number of aromatic nitrogens is 3. The summed E-state index contributed by atoms with van der Waals surface area (Å²) in [6, 6.07) is 11.3. The number of hydrogen-bond acceptors (Lipinski definition) is 4. The summed E-state index contributed by atoms with van der Waals surface area (Å²) < 4.78 is 14.9. The van der Waals surface area contributed by atoms with Crippen LogP contribution in [-0.2, 0) is 7.05 Å². The topological polar surface area (TPSA) is 86.0 Å². The van der Waals surface area contributed by atoms with Crippen LogP contribution in [0.15, 0.2) is 58.1 Å². The van der Waals surface area contributed by atoms with Crippen LogP contribution in [0, 0.1) is 5.82 Å². The Hall–Kier alpha value is -3.26. The first kappa shape index (κ1) is 17.6. The molecule has 0 spiro atoms. The van der Waals surface area contributed by atoms with Crippen molar-refractivity contribution in [3.8, 4) is 5.69 Å². The summed E-state index contributed by atoms with van der Waals surface area (Å²) in [7, 11) is 1.23. The average Bonchev–Trinajstić information content (AvgIpc) is 2.61. The summed E-state index contributed by atoms with van der Waals surface area (Å²) in [6.07, 6.45) is 0. The molecule has 132 valence electrons. The Labute approximate surface area is 151 Å². The van der Waals surface area contributed by atoms with Gasteiger partial charge in [-0.1, -0.05) is 17.7 Å². The maximum Gasteiger partial charge on any atom is 0.351 e. The van der Waals surface area contributed by atoms with Crippen LogP contribution in [0.4, 0.5) is 10.1 Å². The molecule has 0 aliphatic carbocycles. The molecule has 0 aliphatic rings. The molecule has 1 aromatic heterocycles. The highest BCUT2D eigenvalue weighted by Gasteiger charge is 2.19. The van der Waals surface area contributed by atoms with Gasteiger partial charge < -0.3 is 5.32 Å². The number of nitrogens with zero attached hydrogens (tertiary/aromatic N) is 3. The van der Waals surface area contributed by atoms with Gasteiger partial charge in [0.1, 0.15) is 5.82 Å². The molecule has 0 bridgehead atoms. The van der Waals surface area contributed by atoms with Gasteiger partial charge in [0.15, 0.2) is 0 Å². The van der Waals surface area contributed by atoms with Gasteiger partial charge >= 0.3 is 5.69 Å². The van der Waals surface area contributed by atoms with Gasteiger partial charge in [-0.2, -0.15) is 9.78 Å². The molecular weight excluding hydrogens is 363 g/mol. The van der Waals surface area contributed by atoms with E-state index >= 15 is 0 Å². The van der Waals surface area contributed by atoms with Gasteiger partial charge in [-0.05, 0) is 42.5 Å². The largest absolute Gasteiger partial charge is 0.351 e. The molecule has 0 unspecified atom stereocenters. The van der Waals surface area contributed by atoms with Crippen LogP contribution >= 0.6 is 11.6 Å². The van der Waals surface area contributed by atoms with E-state index in [0.29, 0.717) is 10.7 Å². The lowest BCUT2D eigenvalue weighted by atomic mass is 10.3. The van der Waals surface area contributed by atoms with Crippen LogP contribution in [0.25, 0.3) is 5.69 Å². The number of benzene rings is 2. The van der Waals surface area contributed by atoms with Crippen molar-refractivity contribution in [2.45, 2.75) is 0 Å². The lowest BCUT2D eigenvalue weighted by Crippen LogP contribution is -2.43. The standard InChI is InChI=1S/C17H12ClFN4O3/c1-22-16(25)14(15(24)20-12-4-2-3-11(19)9-12)21-23(17(22)26)13-7-5-10(18)6-8-13/h2-9H,1H3,(H,20,24). The molecule has 9 heteroatoms. The predicted molar refractivity (Wildman–Crippen MR) is 94.4 cm³/mol. The molecule has 1 amide bonds. The Morgan fingerprint density at radius 1 is 1.15 bits per heavy atom. The molecule has 3 rings (SSSR count). The molecule has 0 atom stereocenters. The quantitative estimate of drug-likeness (QED) is 0.759. The molecule has 7 nitrogen and oxygen atoms in total. The lowest BCUT2D eigenvalue weighted by molar-refractivity contribution is 0.101. The van der Waals surface area contributed by atoms with Crippen molar-refractivity contribution in [2.24, 2.45) is 7.05 Å². The number of hydrogen-bond donors (Lipinski definition) is 1. The summed E-state index contributed by atoms with van der Waals surface area (Å²) in [5, 5.41) is 6.71. The van der Waals surface area contributed by atoms with Crippen molar-refractivity contribution in [2.75, 3.05) is 5.32 Å². The first-order valence-corrected chi connectivity index (χ1v) is 7.78. The van der Waals surface area contributed by atoms with Crippen molar-refractivity contribution in [1.29, 1.82) is 0 Å². The Balaban J connectivity index is 2.07. The molecule has 0 radical (unpaired) electrons. The Morgan fingerprint density at radius 2 is 1.85 bits per heavy atom. The van der Waals surface area contributed by atoms with Crippen LogP contribution < -0.4 is 16.6 Å². The highest BCUT2D eigenvalue weighted by Crippen LogP contribution is 2.12. The van der Waals surface area contributed by atoms with Crippen molar-refractivity contribution < 1.29 is 9.18 Å². The van der Waals surface area contributed by atoms with Gasteiger partial charge in [0.25, 0.3) is 11.5 Å². The van der Waals surface area contributed by atoms with Gasteiger partial charge in [0.05, 0.1) is 5.69 Å². The molecule has 1 N–H and O–H groups in total. The molecular formula is C17H12ClFN4O3. The first-order chi connectivity index (χ1) is 12.4. The normalized spacial score (nSPS) is 10.6.